The number of nitrogens with one attached hydrogen (secondary N) is 2. The molecule has 3 amide bonds. The lowest BCUT2D eigenvalue weighted by Gasteiger charge is -2.36. The summed E-state index contributed by atoms with van der Waals surface area (Å²) >= 11 is 0. The number of pyridine rings is 1. The normalized spacial score (nSPS) is 21.0. The second kappa shape index (κ2) is 16.5. The van der Waals surface area contributed by atoms with Crippen molar-refractivity contribution in [3.8, 4) is 22.5 Å². The quantitative estimate of drug-likeness (QED) is 0.190. The van der Waals surface area contributed by atoms with Crippen LogP contribution in [0.15, 0.2) is 60.8 Å². The molecule has 6 rings (SSSR count). The van der Waals surface area contributed by atoms with Crippen molar-refractivity contribution in [2.75, 3.05) is 24.5 Å². The number of tetrazole rings is 1. The standard InChI is InChI=1S/C37H46N10O3.ClH/c1-22-16-32(37(50)46-20-23(2)41-24(3)21-46)40-19-31(22)27-8-4-25(5-9-27)17-33(34(39)48)47(36(49)29-10-6-26(18-38)7-11-29)30-14-12-28(13-15-30)35-42-44-45-43-35;/h4-5,8-9,12-16,19,23-24,26,29,33,41H,6-7,10-11,17-18,20-21,38H2,1-3H3,(H2,39,48)(H,42,43,44,45);1H/t23?,24?,26-,29-,33-;/m0./s1. The minimum absolute atomic E-state index is 0. The zero-order chi connectivity index (χ0) is 35.4. The summed E-state index contributed by atoms with van der Waals surface area (Å²) in [4.78, 5) is 48.7. The average molecular weight is 715 g/mol. The van der Waals surface area contributed by atoms with Gasteiger partial charge in [-0.25, -0.2) is 5.10 Å². The second-order valence-electron chi connectivity index (χ2n) is 13.8. The third-order valence-electron chi connectivity index (χ3n) is 10.0. The van der Waals surface area contributed by atoms with E-state index in [4.69, 9.17) is 11.5 Å². The van der Waals surface area contributed by atoms with E-state index < -0.39 is 11.9 Å². The number of nitrogens with two attached hydrogens (primary N) is 2. The zero-order valence-corrected chi connectivity index (χ0v) is 30.1. The number of piperazine rings is 1. The summed E-state index contributed by atoms with van der Waals surface area (Å²) in [5.41, 5.74) is 17.4. The number of aromatic amines is 1. The Balaban J connectivity index is 0.00000504. The molecule has 270 valence electrons. The molecule has 4 aromatic rings. The van der Waals surface area contributed by atoms with Crippen molar-refractivity contribution in [3.63, 3.8) is 0 Å². The van der Waals surface area contributed by atoms with Gasteiger partial charge in [0.25, 0.3) is 5.91 Å². The molecule has 1 saturated carbocycles. The summed E-state index contributed by atoms with van der Waals surface area (Å²) in [6, 6.07) is 16.4. The van der Waals surface area contributed by atoms with Gasteiger partial charge in [-0.05, 0) is 116 Å². The first-order valence-corrected chi connectivity index (χ1v) is 17.4. The Morgan fingerprint density at radius 3 is 2.18 bits per heavy atom. The van der Waals surface area contributed by atoms with E-state index in [9.17, 15) is 14.4 Å². The van der Waals surface area contributed by atoms with Gasteiger partial charge in [-0.1, -0.05) is 24.3 Å². The summed E-state index contributed by atoms with van der Waals surface area (Å²) in [6.07, 6.45) is 5.16. The molecule has 3 heterocycles. The molecular formula is C37H47ClN10O3. The van der Waals surface area contributed by atoms with Gasteiger partial charge in [-0.3, -0.25) is 24.3 Å². The van der Waals surface area contributed by atoms with Gasteiger partial charge in [-0.15, -0.1) is 17.5 Å². The van der Waals surface area contributed by atoms with Gasteiger partial charge in [0.05, 0.1) is 0 Å². The van der Waals surface area contributed by atoms with Crippen molar-refractivity contribution in [2.24, 2.45) is 23.3 Å². The molecular weight excluding hydrogens is 668 g/mol. The number of rotatable bonds is 10. The lowest BCUT2D eigenvalue weighted by atomic mass is 9.81. The average Bonchev–Trinajstić information content (AvgIpc) is 3.66. The number of primary amides is 1. The van der Waals surface area contributed by atoms with Crippen LogP contribution in [0.2, 0.25) is 0 Å². The van der Waals surface area contributed by atoms with Crippen LogP contribution in [0.3, 0.4) is 0 Å². The molecule has 14 heteroatoms. The smallest absolute Gasteiger partial charge is 0.272 e. The molecule has 1 aliphatic heterocycles. The minimum atomic E-state index is -0.914. The molecule has 13 nitrogen and oxygen atoms in total. The van der Waals surface area contributed by atoms with Crippen LogP contribution in [-0.4, -0.2) is 86.0 Å². The first-order chi connectivity index (χ1) is 24.1. The summed E-state index contributed by atoms with van der Waals surface area (Å²) < 4.78 is 0. The number of benzene rings is 2. The van der Waals surface area contributed by atoms with Gasteiger partial charge in [0.15, 0.2) is 5.82 Å². The van der Waals surface area contributed by atoms with Crippen molar-refractivity contribution in [1.29, 1.82) is 0 Å². The Morgan fingerprint density at radius 2 is 1.61 bits per heavy atom. The molecule has 2 unspecified atom stereocenters. The number of carbonyl (C=O) groups excluding carboxylic acids is 3. The Hall–Kier alpha value is -4.72. The van der Waals surface area contributed by atoms with Gasteiger partial charge in [0.2, 0.25) is 11.8 Å². The van der Waals surface area contributed by atoms with E-state index in [0.29, 0.717) is 55.6 Å². The van der Waals surface area contributed by atoms with Crippen molar-refractivity contribution >= 4 is 35.8 Å². The van der Waals surface area contributed by atoms with Crippen LogP contribution in [0, 0.1) is 18.8 Å². The molecule has 1 saturated heterocycles. The maximum absolute atomic E-state index is 14.2. The Morgan fingerprint density at radius 1 is 0.961 bits per heavy atom. The summed E-state index contributed by atoms with van der Waals surface area (Å²) in [7, 11) is 0. The lowest BCUT2D eigenvalue weighted by Crippen LogP contribution is -2.55. The van der Waals surface area contributed by atoms with Crippen molar-refractivity contribution in [1.82, 2.24) is 35.8 Å². The minimum Gasteiger partial charge on any atom is -0.368 e. The van der Waals surface area contributed by atoms with Crippen molar-refractivity contribution in [3.05, 3.63) is 77.6 Å². The molecule has 2 aliphatic rings. The molecule has 6 N–H and O–H groups in total. The number of amides is 3. The second-order valence-corrected chi connectivity index (χ2v) is 13.8. The van der Waals surface area contributed by atoms with Crippen LogP contribution in [0.25, 0.3) is 22.5 Å². The van der Waals surface area contributed by atoms with Crippen LogP contribution >= 0.6 is 12.4 Å². The Bertz CT molecular complexity index is 1780. The highest BCUT2D eigenvalue weighted by molar-refractivity contribution is 6.02. The van der Waals surface area contributed by atoms with E-state index in [0.717, 1.165) is 40.7 Å². The predicted octanol–water partition coefficient (Wildman–Crippen LogP) is 3.68. The number of carbonyl (C=O) groups is 3. The largest absolute Gasteiger partial charge is 0.368 e. The van der Waals surface area contributed by atoms with Crippen LogP contribution in [-0.2, 0) is 16.0 Å². The first-order valence-electron chi connectivity index (χ1n) is 17.4. The number of halogens is 1. The highest BCUT2D eigenvalue weighted by Gasteiger charge is 2.36. The van der Waals surface area contributed by atoms with E-state index in [-0.39, 0.29) is 48.6 Å². The van der Waals surface area contributed by atoms with Crippen molar-refractivity contribution in [2.45, 2.75) is 71.0 Å². The molecule has 2 aromatic heterocycles. The van der Waals surface area contributed by atoms with E-state index >= 15 is 0 Å². The van der Waals surface area contributed by atoms with Crippen LogP contribution in [0.1, 0.15) is 61.1 Å². The number of hydrogen-bond donors (Lipinski definition) is 4. The van der Waals surface area contributed by atoms with E-state index in [1.807, 2.05) is 54.3 Å². The summed E-state index contributed by atoms with van der Waals surface area (Å²) in [5.74, 6) is -0.0985. The zero-order valence-electron chi connectivity index (χ0n) is 29.3. The fourth-order valence-electron chi connectivity index (χ4n) is 7.36. The number of aryl methyl sites for hydroxylation is 1. The van der Waals surface area contributed by atoms with Crippen LogP contribution in [0.4, 0.5) is 5.69 Å². The van der Waals surface area contributed by atoms with Gasteiger partial charge < -0.3 is 21.7 Å². The SMILES string of the molecule is Cc1cc(C(=O)N2CC(C)NC(C)C2)ncc1-c1ccc(C[C@@H](C(N)=O)N(c2ccc(-c3nnn[nH]3)cc2)C(=O)[C@H]2CC[C@H](CN)CC2)cc1.Cl. The summed E-state index contributed by atoms with van der Waals surface area (Å²) in [6.45, 7) is 8.02. The molecule has 51 heavy (non-hydrogen) atoms. The first kappa shape index (κ1) is 37.5. The molecule has 3 atom stereocenters. The molecule has 2 aromatic carbocycles. The fraction of sp³-hybridized carbons (Fsp3) is 0.432. The molecule has 1 aliphatic carbocycles. The van der Waals surface area contributed by atoms with Gasteiger partial charge in [0, 0.05) is 60.5 Å². The number of anilines is 1. The van der Waals surface area contributed by atoms with E-state index in [2.05, 4.69) is 44.8 Å². The molecule has 0 spiro atoms. The molecule has 0 radical (unpaired) electrons. The molecule has 0 bridgehead atoms. The van der Waals surface area contributed by atoms with Gasteiger partial charge in [-0.2, -0.15) is 0 Å². The number of nitrogens with zero attached hydrogens (tertiary/aromatic N) is 6. The van der Waals surface area contributed by atoms with Crippen LogP contribution < -0.4 is 21.7 Å². The highest BCUT2D eigenvalue weighted by atomic mass is 35.5. The maximum Gasteiger partial charge on any atom is 0.272 e. The highest BCUT2D eigenvalue weighted by Crippen LogP contribution is 2.33. The third-order valence-corrected chi connectivity index (χ3v) is 10.0. The number of hydrogen-bond acceptors (Lipinski definition) is 9. The van der Waals surface area contributed by atoms with Crippen molar-refractivity contribution < 1.29 is 14.4 Å². The van der Waals surface area contributed by atoms with Crippen LogP contribution in [0.5, 0.6) is 0 Å². The van der Waals surface area contributed by atoms with Gasteiger partial charge in [0.1, 0.15) is 11.7 Å². The van der Waals surface area contributed by atoms with Gasteiger partial charge >= 0.3 is 0 Å². The predicted molar refractivity (Wildman–Crippen MR) is 198 cm³/mol. The Labute approximate surface area is 304 Å². The lowest BCUT2D eigenvalue weighted by molar-refractivity contribution is -0.127. The maximum atomic E-state index is 14.2. The fourth-order valence-corrected chi connectivity index (χ4v) is 7.36. The number of H-pyrrole nitrogens is 1. The third kappa shape index (κ3) is 8.61. The van der Waals surface area contributed by atoms with E-state index in [1.165, 1.54) is 0 Å². The topological polar surface area (TPSA) is 189 Å². The van der Waals surface area contributed by atoms with E-state index in [1.54, 1.807) is 23.2 Å². The molecule has 2 fully saturated rings. The Kier molecular flexibility index (Phi) is 12.2. The monoisotopic (exact) mass is 714 g/mol. The number of aromatic nitrogens is 5. The summed E-state index contributed by atoms with van der Waals surface area (Å²) in [5, 5.41) is 17.5.